The fraction of sp³-hybridized carbons (Fsp3) is 0.235. The van der Waals surface area contributed by atoms with Crippen LogP contribution < -0.4 is 10.1 Å². The highest BCUT2D eigenvalue weighted by molar-refractivity contribution is 6.31. The van der Waals surface area contributed by atoms with Gasteiger partial charge in [-0.25, -0.2) is 0 Å². The first-order valence-corrected chi connectivity index (χ1v) is 7.63. The molecule has 5 nitrogen and oxygen atoms in total. The van der Waals surface area contributed by atoms with E-state index in [1.165, 1.54) is 0 Å². The van der Waals surface area contributed by atoms with Crippen LogP contribution in [0.5, 0.6) is 5.75 Å². The van der Waals surface area contributed by atoms with Crippen molar-refractivity contribution in [1.82, 2.24) is 4.98 Å². The number of oxazole rings is 1. The molecule has 0 aliphatic heterocycles. The van der Waals surface area contributed by atoms with Crippen LogP contribution in [-0.4, -0.2) is 25.2 Å². The molecule has 0 aliphatic rings. The molecule has 1 heterocycles. The molecule has 0 unspecified atom stereocenters. The summed E-state index contributed by atoms with van der Waals surface area (Å²) in [5.74, 6) is 0.839. The number of hydrogen-bond donors (Lipinski definition) is 1. The number of halogens is 1. The topological polar surface area (TPSA) is 56.5 Å². The van der Waals surface area contributed by atoms with Gasteiger partial charge < -0.3 is 19.2 Å². The predicted octanol–water partition coefficient (Wildman–Crippen LogP) is 4.12. The Morgan fingerprint density at radius 1 is 1.17 bits per heavy atom. The van der Waals surface area contributed by atoms with Gasteiger partial charge >= 0.3 is 0 Å². The summed E-state index contributed by atoms with van der Waals surface area (Å²) in [5, 5.41) is 3.72. The maximum absolute atomic E-state index is 5.91. The van der Waals surface area contributed by atoms with Crippen molar-refractivity contribution < 1.29 is 13.9 Å². The molecule has 0 aliphatic carbocycles. The maximum atomic E-state index is 5.91. The Hall–Kier alpha value is -2.24. The van der Waals surface area contributed by atoms with Crippen molar-refractivity contribution in [3.8, 4) is 5.75 Å². The third-order valence-corrected chi connectivity index (χ3v) is 3.54. The molecule has 1 N–H and O–H groups in total. The van der Waals surface area contributed by atoms with Crippen LogP contribution in [0.4, 0.5) is 6.01 Å². The van der Waals surface area contributed by atoms with Gasteiger partial charge in [-0.05, 0) is 29.8 Å². The standard InChI is InChI=1S/C17H17ClN2O3/c1-21-14-5-2-12(3-6-14)11-22-9-8-19-17-20-15-7-4-13(18)10-16(15)23-17/h2-7,10H,8-9,11H2,1H3,(H,19,20). The zero-order valence-corrected chi connectivity index (χ0v) is 13.5. The summed E-state index contributed by atoms with van der Waals surface area (Å²) in [6.45, 7) is 1.71. The molecular weight excluding hydrogens is 316 g/mol. The number of methoxy groups -OCH3 is 1. The normalized spacial score (nSPS) is 10.9. The van der Waals surface area contributed by atoms with Gasteiger partial charge in [0.1, 0.15) is 11.3 Å². The van der Waals surface area contributed by atoms with Gasteiger partial charge in [0, 0.05) is 17.6 Å². The monoisotopic (exact) mass is 332 g/mol. The zero-order chi connectivity index (χ0) is 16.1. The molecule has 120 valence electrons. The summed E-state index contributed by atoms with van der Waals surface area (Å²) in [5.41, 5.74) is 2.54. The quantitative estimate of drug-likeness (QED) is 0.660. The molecule has 0 saturated heterocycles. The molecule has 3 rings (SSSR count). The average Bonchev–Trinajstić information content (AvgIpc) is 2.97. The first kappa shape index (κ1) is 15.6. The number of anilines is 1. The van der Waals surface area contributed by atoms with Crippen LogP contribution in [0.1, 0.15) is 5.56 Å². The molecule has 0 radical (unpaired) electrons. The first-order chi connectivity index (χ1) is 11.2. The van der Waals surface area contributed by atoms with E-state index in [4.69, 9.17) is 25.5 Å². The van der Waals surface area contributed by atoms with E-state index in [1.807, 2.05) is 30.3 Å². The van der Waals surface area contributed by atoms with Gasteiger partial charge in [-0.2, -0.15) is 4.98 Å². The highest BCUT2D eigenvalue weighted by Gasteiger charge is 2.05. The van der Waals surface area contributed by atoms with Crippen LogP contribution in [0.25, 0.3) is 11.1 Å². The molecule has 0 amide bonds. The van der Waals surface area contributed by atoms with Gasteiger partial charge in [0.05, 0.1) is 20.3 Å². The molecule has 3 aromatic rings. The fourth-order valence-corrected chi connectivity index (χ4v) is 2.28. The number of fused-ring (bicyclic) bond motifs is 1. The molecule has 0 saturated carbocycles. The number of nitrogens with one attached hydrogen (secondary N) is 1. The van der Waals surface area contributed by atoms with Gasteiger partial charge in [-0.15, -0.1) is 0 Å². The lowest BCUT2D eigenvalue weighted by atomic mass is 10.2. The summed E-state index contributed by atoms with van der Waals surface area (Å²) in [4.78, 5) is 4.32. The number of aromatic nitrogens is 1. The lowest BCUT2D eigenvalue weighted by Crippen LogP contribution is -2.09. The van der Waals surface area contributed by atoms with E-state index >= 15 is 0 Å². The van der Waals surface area contributed by atoms with E-state index in [2.05, 4.69) is 10.3 Å². The zero-order valence-electron chi connectivity index (χ0n) is 12.7. The van der Waals surface area contributed by atoms with E-state index < -0.39 is 0 Å². The number of hydrogen-bond acceptors (Lipinski definition) is 5. The summed E-state index contributed by atoms with van der Waals surface area (Å²) in [6.07, 6.45) is 0. The minimum atomic E-state index is 0.468. The van der Waals surface area contributed by atoms with Gasteiger partial charge in [0.25, 0.3) is 6.01 Å². The van der Waals surface area contributed by atoms with Crippen LogP contribution in [-0.2, 0) is 11.3 Å². The fourth-order valence-electron chi connectivity index (χ4n) is 2.12. The SMILES string of the molecule is COc1ccc(COCCNc2nc3ccc(Cl)cc3o2)cc1. The number of benzene rings is 2. The second-order valence-electron chi connectivity index (χ2n) is 4.96. The van der Waals surface area contributed by atoms with E-state index in [9.17, 15) is 0 Å². The maximum Gasteiger partial charge on any atom is 0.295 e. The molecule has 0 bridgehead atoms. The van der Waals surface area contributed by atoms with Gasteiger partial charge in [0.2, 0.25) is 0 Å². The molecule has 0 atom stereocenters. The van der Waals surface area contributed by atoms with Crippen molar-refractivity contribution >= 4 is 28.7 Å². The largest absolute Gasteiger partial charge is 0.497 e. The Labute approximate surface area is 139 Å². The highest BCUT2D eigenvalue weighted by Crippen LogP contribution is 2.22. The number of nitrogens with zero attached hydrogens (tertiary/aromatic N) is 1. The number of rotatable bonds is 7. The van der Waals surface area contributed by atoms with Crippen LogP contribution in [0, 0.1) is 0 Å². The van der Waals surface area contributed by atoms with Crippen LogP contribution in [0.2, 0.25) is 5.02 Å². The van der Waals surface area contributed by atoms with Gasteiger partial charge in [0.15, 0.2) is 5.58 Å². The Kier molecular flexibility index (Phi) is 5.00. The average molecular weight is 333 g/mol. The van der Waals surface area contributed by atoms with Crippen molar-refractivity contribution in [2.24, 2.45) is 0 Å². The van der Waals surface area contributed by atoms with Gasteiger partial charge in [-0.3, -0.25) is 0 Å². The van der Waals surface area contributed by atoms with E-state index in [-0.39, 0.29) is 0 Å². The minimum Gasteiger partial charge on any atom is -0.497 e. The van der Waals surface area contributed by atoms with E-state index in [0.717, 1.165) is 16.8 Å². The second-order valence-corrected chi connectivity index (χ2v) is 5.39. The molecule has 23 heavy (non-hydrogen) atoms. The van der Waals surface area contributed by atoms with Crippen molar-refractivity contribution in [3.63, 3.8) is 0 Å². The third kappa shape index (κ3) is 4.15. The third-order valence-electron chi connectivity index (χ3n) is 3.30. The van der Waals surface area contributed by atoms with Crippen molar-refractivity contribution in [3.05, 3.63) is 53.1 Å². The molecule has 0 spiro atoms. The van der Waals surface area contributed by atoms with Crippen molar-refractivity contribution in [2.75, 3.05) is 25.6 Å². The summed E-state index contributed by atoms with van der Waals surface area (Å²) in [6, 6.07) is 13.6. The summed E-state index contributed by atoms with van der Waals surface area (Å²) < 4.78 is 16.3. The van der Waals surface area contributed by atoms with E-state index in [0.29, 0.717) is 36.4 Å². The van der Waals surface area contributed by atoms with Crippen molar-refractivity contribution in [2.45, 2.75) is 6.61 Å². The molecular formula is C17H17ClN2O3. The summed E-state index contributed by atoms with van der Waals surface area (Å²) >= 11 is 5.91. The molecule has 1 aromatic heterocycles. The Morgan fingerprint density at radius 2 is 2.00 bits per heavy atom. The molecule has 6 heteroatoms. The number of ether oxygens (including phenoxy) is 2. The van der Waals surface area contributed by atoms with Gasteiger partial charge in [-0.1, -0.05) is 23.7 Å². The van der Waals surface area contributed by atoms with E-state index in [1.54, 1.807) is 19.2 Å². The predicted molar refractivity (Wildman–Crippen MR) is 90.2 cm³/mol. The Bertz CT molecular complexity index is 771. The lowest BCUT2D eigenvalue weighted by molar-refractivity contribution is 0.130. The molecule has 2 aromatic carbocycles. The second kappa shape index (κ2) is 7.35. The Morgan fingerprint density at radius 3 is 2.78 bits per heavy atom. The summed E-state index contributed by atoms with van der Waals surface area (Å²) in [7, 11) is 1.65. The molecule has 0 fully saturated rings. The minimum absolute atomic E-state index is 0.468. The first-order valence-electron chi connectivity index (χ1n) is 7.25. The van der Waals surface area contributed by atoms with Crippen LogP contribution >= 0.6 is 11.6 Å². The highest BCUT2D eigenvalue weighted by atomic mass is 35.5. The van der Waals surface area contributed by atoms with Crippen molar-refractivity contribution in [1.29, 1.82) is 0 Å². The smallest absolute Gasteiger partial charge is 0.295 e. The lowest BCUT2D eigenvalue weighted by Gasteiger charge is -2.05. The van der Waals surface area contributed by atoms with Crippen LogP contribution in [0.3, 0.4) is 0 Å². The Balaban J connectivity index is 1.43. The van der Waals surface area contributed by atoms with Crippen LogP contribution in [0.15, 0.2) is 46.9 Å².